The number of rotatable bonds is 5. The number of hydrogen-bond acceptors (Lipinski definition) is 5. The van der Waals surface area contributed by atoms with Gasteiger partial charge in [-0.15, -0.1) is 11.3 Å². The smallest absolute Gasteiger partial charge is 0.341 e. The van der Waals surface area contributed by atoms with Crippen molar-refractivity contribution in [3.05, 3.63) is 47.1 Å². The van der Waals surface area contributed by atoms with Gasteiger partial charge in [-0.3, -0.25) is 4.72 Å². The van der Waals surface area contributed by atoms with Crippen LogP contribution in [0.3, 0.4) is 0 Å². The summed E-state index contributed by atoms with van der Waals surface area (Å²) in [5, 5.41) is 1.64. The maximum absolute atomic E-state index is 13.6. The highest BCUT2D eigenvalue weighted by molar-refractivity contribution is 7.93. The van der Waals surface area contributed by atoms with Crippen LogP contribution in [0, 0.1) is 5.82 Å². The van der Waals surface area contributed by atoms with Crippen LogP contribution < -0.4 is 4.72 Å². The number of hydrogen-bond donors (Lipinski definition) is 1. The average Bonchev–Trinajstić information content (AvgIpc) is 2.86. The Bertz CT molecular complexity index is 755. The van der Waals surface area contributed by atoms with Gasteiger partial charge >= 0.3 is 5.97 Å². The molecule has 0 amide bonds. The molecule has 0 aliphatic heterocycles. The summed E-state index contributed by atoms with van der Waals surface area (Å²) < 4.78 is 44.9. The Labute approximate surface area is 125 Å². The van der Waals surface area contributed by atoms with Crippen molar-refractivity contribution in [3.8, 4) is 0 Å². The number of sulfonamides is 1. The van der Waals surface area contributed by atoms with Gasteiger partial charge in [-0.2, -0.15) is 0 Å². The van der Waals surface area contributed by atoms with Gasteiger partial charge in [-0.05, 0) is 30.5 Å². The molecule has 112 valence electrons. The Kier molecular flexibility index (Phi) is 4.59. The van der Waals surface area contributed by atoms with Crippen LogP contribution in [0.5, 0.6) is 0 Å². The molecule has 5 nitrogen and oxygen atoms in total. The number of benzene rings is 1. The van der Waals surface area contributed by atoms with E-state index in [0.29, 0.717) is 0 Å². The summed E-state index contributed by atoms with van der Waals surface area (Å²) in [5.74, 6) is -1.50. The Morgan fingerprint density at radius 1 is 1.33 bits per heavy atom. The Balaban J connectivity index is 2.33. The number of carbonyl (C=O) groups is 1. The zero-order chi connectivity index (χ0) is 15.5. The Morgan fingerprint density at radius 3 is 2.71 bits per heavy atom. The lowest BCUT2D eigenvalue weighted by atomic mass is 10.3. The van der Waals surface area contributed by atoms with Crippen molar-refractivity contribution >= 4 is 32.3 Å². The van der Waals surface area contributed by atoms with E-state index in [9.17, 15) is 17.6 Å². The van der Waals surface area contributed by atoms with Gasteiger partial charge in [0, 0.05) is 0 Å². The lowest BCUT2D eigenvalue weighted by molar-refractivity contribution is 0.0528. The van der Waals surface area contributed by atoms with E-state index in [-0.39, 0.29) is 17.2 Å². The van der Waals surface area contributed by atoms with E-state index in [2.05, 4.69) is 4.72 Å². The minimum Gasteiger partial charge on any atom is -0.462 e. The van der Waals surface area contributed by atoms with E-state index >= 15 is 0 Å². The quantitative estimate of drug-likeness (QED) is 0.856. The van der Waals surface area contributed by atoms with Crippen molar-refractivity contribution in [1.29, 1.82) is 0 Å². The van der Waals surface area contributed by atoms with Gasteiger partial charge in [0.15, 0.2) is 0 Å². The summed E-state index contributed by atoms with van der Waals surface area (Å²) in [5.41, 5.74) is 0.0989. The zero-order valence-electron chi connectivity index (χ0n) is 11.0. The van der Waals surface area contributed by atoms with Gasteiger partial charge in [0.2, 0.25) is 0 Å². The first-order chi connectivity index (χ1) is 9.95. The fourth-order valence-corrected chi connectivity index (χ4v) is 3.78. The molecule has 0 aliphatic carbocycles. The third-order valence-corrected chi connectivity index (χ3v) is 4.86. The lowest BCUT2D eigenvalue weighted by Crippen LogP contribution is -2.16. The summed E-state index contributed by atoms with van der Waals surface area (Å²) in [6, 6.07) is 6.45. The molecular formula is C13H12FNO4S2. The molecule has 1 aromatic heterocycles. The highest BCUT2D eigenvalue weighted by atomic mass is 32.2. The van der Waals surface area contributed by atoms with E-state index in [1.165, 1.54) is 18.2 Å². The first-order valence-electron chi connectivity index (χ1n) is 5.97. The van der Waals surface area contributed by atoms with Crippen LogP contribution in [0.1, 0.15) is 17.3 Å². The van der Waals surface area contributed by atoms with Gasteiger partial charge in [-0.25, -0.2) is 17.6 Å². The van der Waals surface area contributed by atoms with Crippen LogP contribution in [0.15, 0.2) is 40.6 Å². The minimum atomic E-state index is -4.11. The molecule has 0 saturated carbocycles. The normalized spacial score (nSPS) is 11.1. The molecule has 0 unspecified atom stereocenters. The molecule has 21 heavy (non-hydrogen) atoms. The maximum Gasteiger partial charge on any atom is 0.341 e. The summed E-state index contributed by atoms with van der Waals surface area (Å²) in [7, 11) is -4.11. The molecule has 2 aromatic rings. The molecular weight excluding hydrogens is 317 g/mol. The molecule has 0 fully saturated rings. The van der Waals surface area contributed by atoms with E-state index < -0.39 is 26.7 Å². The molecule has 0 aliphatic rings. The van der Waals surface area contributed by atoms with Gasteiger partial charge in [-0.1, -0.05) is 12.1 Å². The van der Waals surface area contributed by atoms with E-state index in [1.54, 1.807) is 12.3 Å². The molecule has 1 aromatic carbocycles. The van der Waals surface area contributed by atoms with Crippen LogP contribution in [0.4, 0.5) is 9.39 Å². The lowest BCUT2D eigenvalue weighted by Gasteiger charge is -2.09. The molecule has 1 N–H and O–H groups in total. The molecule has 0 radical (unpaired) electrons. The van der Waals surface area contributed by atoms with Crippen LogP contribution in [0.2, 0.25) is 0 Å². The first-order valence-corrected chi connectivity index (χ1v) is 8.34. The fraction of sp³-hybridized carbons (Fsp3) is 0.154. The largest absolute Gasteiger partial charge is 0.462 e. The second-order valence-corrected chi connectivity index (χ2v) is 6.49. The van der Waals surface area contributed by atoms with E-state index in [1.807, 2.05) is 0 Å². The predicted octanol–water partition coefficient (Wildman–Crippen LogP) is 2.86. The number of carbonyl (C=O) groups excluding carboxylic acids is 1. The van der Waals surface area contributed by atoms with Crippen molar-refractivity contribution in [1.82, 2.24) is 0 Å². The summed E-state index contributed by atoms with van der Waals surface area (Å²) in [4.78, 5) is 11.2. The van der Waals surface area contributed by atoms with E-state index in [0.717, 1.165) is 23.5 Å². The molecule has 1 heterocycles. The van der Waals surface area contributed by atoms with Gasteiger partial charge in [0.1, 0.15) is 15.7 Å². The molecule has 0 bridgehead atoms. The van der Waals surface area contributed by atoms with Gasteiger partial charge < -0.3 is 4.74 Å². The maximum atomic E-state index is 13.6. The van der Waals surface area contributed by atoms with Crippen LogP contribution in [-0.4, -0.2) is 21.0 Å². The number of nitrogens with one attached hydrogen (secondary N) is 1. The summed E-state index contributed by atoms with van der Waals surface area (Å²) in [6.45, 7) is 1.82. The fourth-order valence-electron chi connectivity index (χ4n) is 1.60. The van der Waals surface area contributed by atoms with Crippen molar-refractivity contribution < 1.29 is 22.3 Å². The van der Waals surface area contributed by atoms with Crippen LogP contribution in [0.25, 0.3) is 0 Å². The number of halogens is 1. The van der Waals surface area contributed by atoms with Crippen molar-refractivity contribution in [3.63, 3.8) is 0 Å². The molecule has 0 spiro atoms. The number of thiophene rings is 1. The molecule has 0 saturated heterocycles. The van der Waals surface area contributed by atoms with Crippen molar-refractivity contribution in [2.75, 3.05) is 11.3 Å². The van der Waals surface area contributed by atoms with Gasteiger partial charge in [0.25, 0.3) is 10.0 Å². The average molecular weight is 329 g/mol. The first kappa shape index (κ1) is 15.5. The Hall–Kier alpha value is -1.93. The SMILES string of the molecule is CCOC(=O)c1ccsc1NS(=O)(=O)c1ccccc1F. The monoisotopic (exact) mass is 329 g/mol. The summed E-state index contributed by atoms with van der Waals surface area (Å²) in [6.07, 6.45) is 0. The second kappa shape index (κ2) is 6.23. The molecule has 2 rings (SSSR count). The third kappa shape index (κ3) is 3.40. The van der Waals surface area contributed by atoms with Crippen molar-refractivity contribution in [2.45, 2.75) is 11.8 Å². The van der Waals surface area contributed by atoms with Crippen molar-refractivity contribution in [2.24, 2.45) is 0 Å². The minimum absolute atomic E-state index is 0.0942. The molecule has 8 heteroatoms. The Morgan fingerprint density at radius 2 is 2.05 bits per heavy atom. The topological polar surface area (TPSA) is 72.5 Å². The van der Waals surface area contributed by atoms with Crippen LogP contribution in [-0.2, 0) is 14.8 Å². The summed E-state index contributed by atoms with van der Waals surface area (Å²) >= 11 is 1.02. The standard InChI is InChI=1S/C13H12FNO4S2/c1-2-19-13(16)9-7-8-20-12(9)15-21(17,18)11-6-4-3-5-10(11)14/h3-8,15H,2H2,1H3. The third-order valence-electron chi connectivity index (χ3n) is 2.51. The highest BCUT2D eigenvalue weighted by Crippen LogP contribution is 2.27. The number of ether oxygens (including phenoxy) is 1. The zero-order valence-corrected chi connectivity index (χ0v) is 12.6. The highest BCUT2D eigenvalue weighted by Gasteiger charge is 2.22. The predicted molar refractivity (Wildman–Crippen MR) is 77.5 cm³/mol. The van der Waals surface area contributed by atoms with Gasteiger partial charge in [0.05, 0.1) is 12.2 Å². The number of anilines is 1. The van der Waals surface area contributed by atoms with E-state index in [4.69, 9.17) is 4.74 Å². The molecule has 0 atom stereocenters. The van der Waals surface area contributed by atoms with Crippen LogP contribution >= 0.6 is 11.3 Å². The number of esters is 1. The second-order valence-electron chi connectivity index (χ2n) is 3.92.